The van der Waals surface area contributed by atoms with Crippen LogP contribution in [0.3, 0.4) is 0 Å². The highest BCUT2D eigenvalue weighted by atomic mass is 32.1. The van der Waals surface area contributed by atoms with Gasteiger partial charge in [0.2, 0.25) is 0 Å². The maximum absolute atomic E-state index is 13.4. The van der Waals surface area contributed by atoms with Crippen molar-refractivity contribution in [2.24, 2.45) is 5.73 Å². The molecule has 0 saturated heterocycles. The average Bonchev–Trinajstić information content (AvgIpc) is 2.41. The van der Waals surface area contributed by atoms with E-state index in [4.69, 9.17) is 18.0 Å². The van der Waals surface area contributed by atoms with E-state index in [1.54, 1.807) is 12.1 Å². The number of phenolic OH excluding ortho intramolecular Hbond substituents is 1. The first-order valence-electron chi connectivity index (χ1n) is 5.67. The number of hydrogen-bond donors (Lipinski definition) is 3. The first-order chi connectivity index (χ1) is 9.49. The monoisotopic (exact) mass is 290 g/mol. The number of rotatable bonds is 3. The molecule has 0 bridgehead atoms. The first-order valence-corrected chi connectivity index (χ1v) is 6.08. The molecule has 1 amide bonds. The van der Waals surface area contributed by atoms with Crippen LogP contribution in [0.15, 0.2) is 42.5 Å². The fourth-order valence-electron chi connectivity index (χ4n) is 1.66. The standard InChI is InChI=1S/C14H11FN2O2S/c15-11-6-5-8(7-10(11)13(16)20)17-14(19)9-3-1-2-4-12(9)18/h1-7,18H,(H2,16,20)(H,17,19). The zero-order chi connectivity index (χ0) is 14.7. The van der Waals surface area contributed by atoms with Gasteiger partial charge in [0, 0.05) is 11.3 Å². The van der Waals surface area contributed by atoms with Gasteiger partial charge in [0.25, 0.3) is 5.91 Å². The van der Waals surface area contributed by atoms with Gasteiger partial charge in [-0.2, -0.15) is 0 Å². The lowest BCUT2D eigenvalue weighted by Crippen LogP contribution is -2.15. The Morgan fingerprint density at radius 2 is 1.90 bits per heavy atom. The van der Waals surface area contributed by atoms with Gasteiger partial charge < -0.3 is 16.2 Å². The SMILES string of the molecule is NC(=S)c1cc(NC(=O)c2ccccc2O)ccc1F. The second-order valence-corrected chi connectivity index (χ2v) is 4.47. The van der Waals surface area contributed by atoms with E-state index in [0.29, 0.717) is 5.69 Å². The van der Waals surface area contributed by atoms with Gasteiger partial charge in [0.15, 0.2) is 0 Å². The Morgan fingerprint density at radius 3 is 2.55 bits per heavy atom. The van der Waals surface area contributed by atoms with Crippen LogP contribution in [-0.4, -0.2) is 16.0 Å². The Bertz CT molecular complexity index is 689. The minimum atomic E-state index is -0.557. The van der Waals surface area contributed by atoms with Gasteiger partial charge in [-0.1, -0.05) is 24.4 Å². The van der Waals surface area contributed by atoms with Crippen molar-refractivity contribution in [1.29, 1.82) is 0 Å². The molecule has 0 saturated carbocycles. The molecule has 0 aliphatic rings. The highest BCUT2D eigenvalue weighted by Crippen LogP contribution is 2.19. The van der Waals surface area contributed by atoms with Crippen LogP contribution in [0.2, 0.25) is 0 Å². The number of halogens is 1. The maximum Gasteiger partial charge on any atom is 0.259 e. The van der Waals surface area contributed by atoms with Gasteiger partial charge in [0.1, 0.15) is 16.6 Å². The van der Waals surface area contributed by atoms with Crippen LogP contribution in [0, 0.1) is 5.82 Å². The number of thiocarbonyl (C=S) groups is 1. The smallest absolute Gasteiger partial charge is 0.259 e. The highest BCUT2D eigenvalue weighted by Gasteiger charge is 2.12. The van der Waals surface area contributed by atoms with Crippen LogP contribution in [0.25, 0.3) is 0 Å². The Kier molecular flexibility index (Phi) is 3.95. The van der Waals surface area contributed by atoms with E-state index in [1.165, 1.54) is 24.3 Å². The van der Waals surface area contributed by atoms with Gasteiger partial charge >= 0.3 is 0 Å². The van der Waals surface area contributed by atoms with E-state index in [1.807, 2.05) is 0 Å². The second-order valence-electron chi connectivity index (χ2n) is 4.03. The third kappa shape index (κ3) is 2.92. The summed E-state index contributed by atoms with van der Waals surface area (Å²) >= 11 is 4.72. The Morgan fingerprint density at radius 1 is 1.20 bits per heavy atom. The lowest BCUT2D eigenvalue weighted by Gasteiger charge is -2.08. The molecule has 0 fully saturated rings. The average molecular weight is 290 g/mol. The number of benzene rings is 2. The van der Waals surface area contributed by atoms with Crippen molar-refractivity contribution in [3.63, 3.8) is 0 Å². The van der Waals surface area contributed by atoms with Crippen molar-refractivity contribution in [3.05, 3.63) is 59.4 Å². The number of para-hydroxylation sites is 1. The number of carbonyl (C=O) groups excluding carboxylic acids is 1. The third-order valence-electron chi connectivity index (χ3n) is 2.64. The highest BCUT2D eigenvalue weighted by molar-refractivity contribution is 7.80. The molecule has 2 aromatic rings. The van der Waals surface area contributed by atoms with Crippen LogP contribution in [-0.2, 0) is 0 Å². The molecule has 0 spiro atoms. The number of aromatic hydroxyl groups is 1. The maximum atomic E-state index is 13.4. The van der Waals surface area contributed by atoms with Crippen molar-refractivity contribution in [2.45, 2.75) is 0 Å². The quantitative estimate of drug-likeness (QED) is 0.759. The van der Waals surface area contributed by atoms with Crippen molar-refractivity contribution in [3.8, 4) is 5.75 Å². The van der Waals surface area contributed by atoms with Crippen molar-refractivity contribution in [2.75, 3.05) is 5.32 Å². The zero-order valence-corrected chi connectivity index (χ0v) is 11.1. The van der Waals surface area contributed by atoms with Crippen LogP contribution in [0.5, 0.6) is 5.75 Å². The van der Waals surface area contributed by atoms with Crippen molar-refractivity contribution < 1.29 is 14.3 Å². The number of amides is 1. The lowest BCUT2D eigenvalue weighted by atomic mass is 10.1. The molecule has 102 valence electrons. The number of anilines is 1. The van der Waals surface area contributed by atoms with E-state index in [2.05, 4.69) is 5.32 Å². The van der Waals surface area contributed by atoms with Crippen LogP contribution < -0.4 is 11.1 Å². The van der Waals surface area contributed by atoms with E-state index in [0.717, 1.165) is 6.07 Å². The van der Waals surface area contributed by atoms with Crippen LogP contribution in [0.4, 0.5) is 10.1 Å². The van der Waals surface area contributed by atoms with Crippen LogP contribution in [0.1, 0.15) is 15.9 Å². The number of nitrogens with one attached hydrogen (secondary N) is 1. The molecule has 2 rings (SSSR count). The van der Waals surface area contributed by atoms with E-state index < -0.39 is 11.7 Å². The Hall–Kier alpha value is -2.47. The van der Waals surface area contributed by atoms with Gasteiger partial charge in [-0.3, -0.25) is 4.79 Å². The molecule has 0 radical (unpaired) electrons. The fraction of sp³-hybridized carbons (Fsp3) is 0. The minimum Gasteiger partial charge on any atom is -0.507 e. The number of phenols is 1. The third-order valence-corrected chi connectivity index (χ3v) is 2.86. The van der Waals surface area contributed by atoms with Crippen LogP contribution >= 0.6 is 12.2 Å². The molecular formula is C14H11FN2O2S. The largest absolute Gasteiger partial charge is 0.507 e. The van der Waals surface area contributed by atoms with Gasteiger partial charge in [0.05, 0.1) is 5.56 Å². The first kappa shape index (κ1) is 14.0. The summed E-state index contributed by atoms with van der Waals surface area (Å²) in [7, 11) is 0. The van der Waals surface area contributed by atoms with Gasteiger partial charge in [-0.25, -0.2) is 4.39 Å². The molecule has 0 aromatic heterocycles. The summed E-state index contributed by atoms with van der Waals surface area (Å²) in [6, 6.07) is 10.00. The molecule has 0 aliphatic heterocycles. The molecule has 6 heteroatoms. The summed E-state index contributed by atoms with van der Waals surface area (Å²) in [6.07, 6.45) is 0. The molecule has 20 heavy (non-hydrogen) atoms. The molecule has 0 unspecified atom stereocenters. The normalized spacial score (nSPS) is 10.1. The summed E-state index contributed by atoms with van der Waals surface area (Å²) in [5.74, 6) is -1.21. The molecule has 0 atom stereocenters. The zero-order valence-electron chi connectivity index (χ0n) is 10.3. The predicted octanol–water partition coefficient (Wildman–Crippen LogP) is 2.42. The Balaban J connectivity index is 2.27. The molecule has 4 N–H and O–H groups in total. The summed E-state index contributed by atoms with van der Waals surface area (Å²) in [4.78, 5) is 11.9. The molecule has 0 heterocycles. The van der Waals surface area contributed by atoms with E-state index in [-0.39, 0.29) is 21.9 Å². The fourth-order valence-corrected chi connectivity index (χ4v) is 1.81. The summed E-state index contributed by atoms with van der Waals surface area (Å²) < 4.78 is 13.4. The predicted molar refractivity (Wildman–Crippen MR) is 78.3 cm³/mol. The minimum absolute atomic E-state index is 0.0510. The second kappa shape index (κ2) is 5.66. The topological polar surface area (TPSA) is 75.3 Å². The molecule has 0 aliphatic carbocycles. The summed E-state index contributed by atoms with van der Waals surface area (Å²) in [6.45, 7) is 0. The number of hydrogen-bond acceptors (Lipinski definition) is 3. The Labute approximate surface area is 120 Å². The van der Waals surface area contributed by atoms with Crippen molar-refractivity contribution in [1.82, 2.24) is 0 Å². The molecular weight excluding hydrogens is 279 g/mol. The lowest BCUT2D eigenvalue weighted by molar-refractivity contribution is 0.102. The van der Waals surface area contributed by atoms with E-state index >= 15 is 0 Å². The van der Waals surface area contributed by atoms with Crippen molar-refractivity contribution >= 4 is 28.8 Å². The summed E-state index contributed by atoms with van der Waals surface area (Å²) in [5, 5.41) is 12.1. The van der Waals surface area contributed by atoms with E-state index in [9.17, 15) is 14.3 Å². The van der Waals surface area contributed by atoms with Gasteiger partial charge in [-0.15, -0.1) is 0 Å². The summed E-state index contributed by atoms with van der Waals surface area (Å²) in [5.41, 5.74) is 5.89. The number of carbonyl (C=O) groups is 1. The molecule has 4 nitrogen and oxygen atoms in total. The number of nitrogens with two attached hydrogens (primary N) is 1. The van der Waals surface area contributed by atoms with Gasteiger partial charge in [-0.05, 0) is 30.3 Å². The molecule has 2 aromatic carbocycles.